The molecule has 8 heteroatoms. The van der Waals surface area contributed by atoms with Gasteiger partial charge in [0.15, 0.2) is 0 Å². The number of rotatable bonds is 3. The second-order valence-electron chi connectivity index (χ2n) is 4.34. The first-order valence-electron chi connectivity index (χ1n) is 6.03. The molecule has 0 radical (unpaired) electrons. The fourth-order valence-corrected chi connectivity index (χ4v) is 1.99. The fourth-order valence-electron chi connectivity index (χ4n) is 1.76. The number of hydrogen-bond acceptors (Lipinski definition) is 3. The number of nitriles is 1. The number of aliphatic hydroxyl groups excluding tert-OH is 1. The summed E-state index contributed by atoms with van der Waals surface area (Å²) in [5, 5.41) is 17.6. The number of alkyl halides is 3. The van der Waals surface area contributed by atoms with E-state index in [-0.39, 0.29) is 54.7 Å². The molecule has 0 bridgehead atoms. The molecule has 1 N–H and O–H groups in total. The molecule has 0 fully saturated rings. The van der Waals surface area contributed by atoms with E-state index in [0.29, 0.717) is 5.56 Å². The summed E-state index contributed by atoms with van der Waals surface area (Å²) in [6.07, 6.45) is -4.60. The van der Waals surface area contributed by atoms with Crippen LogP contribution in [0.3, 0.4) is 0 Å². The molecule has 3 nitrogen and oxygen atoms in total. The first-order valence-corrected chi connectivity index (χ1v) is 6.41. The zero-order valence-corrected chi connectivity index (χ0v) is 14.7. The Morgan fingerprint density at radius 3 is 2.48 bits per heavy atom. The molecule has 0 saturated carbocycles. The van der Waals surface area contributed by atoms with Crippen molar-refractivity contribution in [2.24, 2.45) is 0 Å². The normalized spacial score (nSPS) is 10.6. The van der Waals surface area contributed by atoms with E-state index < -0.39 is 16.8 Å². The third-order valence-electron chi connectivity index (χ3n) is 2.82. The summed E-state index contributed by atoms with van der Waals surface area (Å²) in [5.74, 6) is 0.000111. The molecule has 0 aliphatic heterocycles. The van der Waals surface area contributed by atoms with Gasteiger partial charge in [-0.25, -0.2) is 0 Å². The largest absolute Gasteiger partial charge is 1.00 e. The van der Waals surface area contributed by atoms with Crippen LogP contribution >= 0.6 is 11.6 Å². The minimum absolute atomic E-state index is 0. The second kappa shape index (κ2) is 8.04. The van der Waals surface area contributed by atoms with Crippen LogP contribution in [0.15, 0.2) is 36.4 Å². The summed E-state index contributed by atoms with van der Waals surface area (Å²) in [6, 6.07) is 9.30. The molecule has 116 valence electrons. The molecule has 2 rings (SSSR count). The first kappa shape index (κ1) is 19.8. The van der Waals surface area contributed by atoms with Crippen LogP contribution in [-0.2, 0) is 12.8 Å². The van der Waals surface area contributed by atoms with Crippen molar-refractivity contribution >= 4 is 11.6 Å². The van der Waals surface area contributed by atoms with Gasteiger partial charge < -0.3 is 11.3 Å². The van der Waals surface area contributed by atoms with Crippen molar-refractivity contribution in [1.29, 1.82) is 5.26 Å². The average molecular weight is 352 g/mol. The van der Waals surface area contributed by atoms with Crippen LogP contribution in [0.25, 0.3) is 0 Å². The molecule has 23 heavy (non-hydrogen) atoms. The van der Waals surface area contributed by atoms with Gasteiger partial charge in [-0.05, 0) is 35.9 Å². The van der Waals surface area contributed by atoms with Crippen molar-refractivity contribution in [2.45, 2.75) is 12.8 Å². The molecule has 0 unspecified atom stereocenters. The van der Waals surface area contributed by atoms with Gasteiger partial charge in [0.2, 0.25) is 0 Å². The van der Waals surface area contributed by atoms with E-state index in [1.54, 1.807) is 0 Å². The molecule has 0 atom stereocenters. The fraction of sp³-hybridized carbons (Fsp3) is 0.133. The monoisotopic (exact) mass is 351 g/mol. The number of halogens is 4. The minimum atomic E-state index is -4.60. The van der Waals surface area contributed by atoms with Crippen molar-refractivity contribution < 1.29 is 54.0 Å². The van der Waals surface area contributed by atoms with Gasteiger partial charge in [-0.15, -0.1) is 0 Å². The molecular weight excluding hydrogens is 342 g/mol. The van der Waals surface area contributed by atoms with Crippen LogP contribution in [0.2, 0.25) is 5.02 Å². The van der Waals surface area contributed by atoms with E-state index in [4.69, 9.17) is 26.7 Å². The van der Waals surface area contributed by atoms with E-state index in [9.17, 15) is 13.2 Å². The van der Waals surface area contributed by atoms with Crippen LogP contribution in [0, 0.1) is 11.3 Å². The van der Waals surface area contributed by atoms with E-state index in [2.05, 4.69) is 0 Å². The molecule has 0 aromatic heterocycles. The van der Waals surface area contributed by atoms with E-state index in [1.807, 2.05) is 6.07 Å². The maximum absolute atomic E-state index is 12.8. The van der Waals surface area contributed by atoms with Gasteiger partial charge in [0.25, 0.3) is 0 Å². The number of ether oxygens (including phenoxy) is 1. The van der Waals surface area contributed by atoms with Crippen LogP contribution in [-0.4, -0.2) is 5.11 Å². The Hall–Kier alpha value is -1.23. The Kier molecular flexibility index (Phi) is 6.93. The maximum atomic E-state index is 12.8. The topological polar surface area (TPSA) is 53.2 Å². The SMILES string of the molecule is N#Cc1cc(CO)ccc1Oc1ccc(Cl)c(C(F)(F)F)c1.[H-].[Na+]. The van der Waals surface area contributed by atoms with Gasteiger partial charge in [-0.2, -0.15) is 18.4 Å². The number of benzene rings is 2. The van der Waals surface area contributed by atoms with E-state index in [0.717, 1.165) is 12.1 Å². The van der Waals surface area contributed by atoms with Crippen LogP contribution in [0.4, 0.5) is 13.2 Å². The van der Waals surface area contributed by atoms with Crippen molar-refractivity contribution in [3.05, 3.63) is 58.1 Å². The Labute approximate surface area is 159 Å². The van der Waals surface area contributed by atoms with Crippen LogP contribution < -0.4 is 34.3 Å². The molecule has 0 saturated heterocycles. The molecule has 0 aliphatic rings. The number of hydrogen-bond donors (Lipinski definition) is 1. The molecule has 0 aliphatic carbocycles. The first-order chi connectivity index (χ1) is 10.3. The molecule has 2 aromatic rings. The summed E-state index contributed by atoms with van der Waals surface area (Å²) in [4.78, 5) is 0. The van der Waals surface area contributed by atoms with Crippen molar-refractivity contribution in [1.82, 2.24) is 0 Å². The van der Waals surface area contributed by atoms with E-state index in [1.165, 1.54) is 24.3 Å². The summed E-state index contributed by atoms with van der Waals surface area (Å²) in [6.45, 7) is -0.256. The maximum Gasteiger partial charge on any atom is 1.00 e. The van der Waals surface area contributed by atoms with E-state index >= 15 is 0 Å². The molecule has 0 spiro atoms. The summed E-state index contributed by atoms with van der Waals surface area (Å²) >= 11 is 5.53. The third-order valence-corrected chi connectivity index (χ3v) is 3.15. The van der Waals surface area contributed by atoms with Crippen molar-refractivity contribution in [3.8, 4) is 17.6 Å². The summed E-state index contributed by atoms with van der Waals surface area (Å²) in [7, 11) is 0. The Morgan fingerprint density at radius 2 is 1.91 bits per heavy atom. The summed E-state index contributed by atoms with van der Waals surface area (Å²) < 4.78 is 43.7. The zero-order chi connectivity index (χ0) is 16.3. The Bertz CT molecular complexity index is 750. The van der Waals surface area contributed by atoms with Crippen molar-refractivity contribution in [3.63, 3.8) is 0 Å². The summed E-state index contributed by atoms with van der Waals surface area (Å²) in [5.41, 5.74) is -0.414. The molecule has 0 heterocycles. The van der Waals surface area contributed by atoms with Gasteiger partial charge in [0, 0.05) is 0 Å². The quantitative estimate of drug-likeness (QED) is 0.855. The Morgan fingerprint density at radius 1 is 1.22 bits per heavy atom. The third kappa shape index (κ3) is 4.87. The van der Waals surface area contributed by atoms with Crippen LogP contribution in [0.5, 0.6) is 11.5 Å². The standard InChI is InChI=1S/C15H9ClF3NO2.Na.H/c16-13-3-2-11(6-12(13)15(17,18)19)22-14-4-1-9(8-21)5-10(14)7-20;;/h1-6,21H,8H2;;/q;+1;-1. The molecular formula is C15H10ClF3NNaO2. The second-order valence-corrected chi connectivity index (χ2v) is 4.75. The Balaban J connectivity index is 0.00000264. The predicted octanol–water partition coefficient (Wildman–Crippen LogP) is 1.63. The molecule has 2 aromatic carbocycles. The number of aliphatic hydroxyl groups is 1. The smallest absolute Gasteiger partial charge is 1.00 e. The van der Waals surface area contributed by atoms with Gasteiger partial charge in [-0.1, -0.05) is 17.7 Å². The van der Waals surface area contributed by atoms with Gasteiger partial charge >= 0.3 is 35.7 Å². The average Bonchev–Trinajstić information content (AvgIpc) is 2.48. The molecule has 0 amide bonds. The predicted molar refractivity (Wildman–Crippen MR) is 74.7 cm³/mol. The minimum Gasteiger partial charge on any atom is -1.00 e. The van der Waals surface area contributed by atoms with Gasteiger partial charge in [0.1, 0.15) is 17.6 Å². The zero-order valence-electron chi connectivity index (χ0n) is 13.0. The number of nitrogens with zero attached hydrogens (tertiary/aromatic N) is 1. The van der Waals surface area contributed by atoms with Gasteiger partial charge in [-0.3, -0.25) is 0 Å². The van der Waals surface area contributed by atoms with Crippen molar-refractivity contribution in [2.75, 3.05) is 0 Å². The van der Waals surface area contributed by atoms with Crippen LogP contribution in [0.1, 0.15) is 18.1 Å². The van der Waals surface area contributed by atoms with Gasteiger partial charge in [0.05, 0.1) is 22.8 Å².